The predicted octanol–water partition coefficient (Wildman–Crippen LogP) is 3.08. The minimum Gasteiger partial charge on any atom is -0.279 e. The van der Waals surface area contributed by atoms with E-state index in [9.17, 15) is 19.2 Å². The van der Waals surface area contributed by atoms with Crippen LogP contribution in [0.4, 0.5) is 0 Å². The monoisotopic (exact) mass is 454 g/mol. The van der Waals surface area contributed by atoms with E-state index in [2.05, 4.69) is 0 Å². The molecule has 0 aromatic heterocycles. The van der Waals surface area contributed by atoms with Gasteiger partial charge in [0, 0.05) is 22.8 Å². The van der Waals surface area contributed by atoms with Crippen molar-refractivity contribution in [1.82, 2.24) is 9.80 Å². The second-order valence-corrected chi connectivity index (χ2v) is 11.0. The molecule has 0 aromatic rings. The van der Waals surface area contributed by atoms with Crippen LogP contribution in [0.25, 0.3) is 0 Å². The molecule has 0 bridgehead atoms. The van der Waals surface area contributed by atoms with Crippen LogP contribution in [-0.2, 0) is 19.2 Å². The first kappa shape index (κ1) is 20.7. The van der Waals surface area contributed by atoms with Crippen LogP contribution in [0.5, 0.6) is 0 Å². The largest absolute Gasteiger partial charge is 0.279 e. The summed E-state index contributed by atoms with van der Waals surface area (Å²) in [5.74, 6) is -1.43. The van der Waals surface area contributed by atoms with Gasteiger partial charge in [-0.2, -0.15) is 0 Å². The third kappa shape index (κ3) is 3.21. The van der Waals surface area contributed by atoms with E-state index in [-0.39, 0.29) is 70.1 Å². The molecule has 2 heterocycles. The molecule has 30 heavy (non-hydrogen) atoms. The molecule has 0 spiro atoms. The number of halogens is 2. The average molecular weight is 455 g/mol. The van der Waals surface area contributed by atoms with Gasteiger partial charge in [-0.15, -0.1) is 23.2 Å². The molecule has 5 aliphatic rings. The smallest absolute Gasteiger partial charge is 0.233 e. The van der Waals surface area contributed by atoms with Crippen molar-refractivity contribution < 1.29 is 19.2 Å². The third-order valence-electron chi connectivity index (χ3n) is 8.14. The van der Waals surface area contributed by atoms with Crippen molar-refractivity contribution in [2.24, 2.45) is 23.7 Å². The molecule has 4 amide bonds. The maximum Gasteiger partial charge on any atom is 0.233 e. The Morgan fingerprint density at radius 2 is 0.933 bits per heavy atom. The van der Waals surface area contributed by atoms with Crippen LogP contribution < -0.4 is 0 Å². The fourth-order valence-electron chi connectivity index (χ4n) is 6.63. The number of likely N-dealkylation sites (tertiary alicyclic amines) is 2. The van der Waals surface area contributed by atoms with Crippen molar-refractivity contribution in [1.29, 1.82) is 0 Å². The highest BCUT2D eigenvalue weighted by molar-refractivity contribution is 6.21. The van der Waals surface area contributed by atoms with Crippen LogP contribution in [-0.4, -0.2) is 56.3 Å². The lowest BCUT2D eigenvalue weighted by atomic mass is 9.81. The zero-order valence-corrected chi connectivity index (χ0v) is 18.5. The number of hydrogen-bond acceptors (Lipinski definition) is 4. The Hall–Kier alpha value is -1.14. The molecule has 164 valence electrons. The molecule has 0 aromatic carbocycles. The minimum absolute atomic E-state index is 0.0454. The van der Waals surface area contributed by atoms with Crippen LogP contribution in [0.2, 0.25) is 0 Å². The number of alkyl halides is 2. The van der Waals surface area contributed by atoms with Gasteiger partial charge in [-0.05, 0) is 64.2 Å². The Morgan fingerprint density at radius 1 is 0.533 bits per heavy atom. The quantitative estimate of drug-likeness (QED) is 0.474. The Morgan fingerprint density at radius 3 is 1.37 bits per heavy atom. The Balaban J connectivity index is 1.33. The molecule has 0 N–H and O–H groups in total. The fraction of sp³-hybridized carbons (Fsp3) is 0.818. The first-order valence-corrected chi connectivity index (χ1v) is 12.3. The van der Waals surface area contributed by atoms with Gasteiger partial charge >= 0.3 is 0 Å². The summed E-state index contributed by atoms with van der Waals surface area (Å²) in [7, 11) is 0. The van der Waals surface area contributed by atoms with E-state index >= 15 is 0 Å². The van der Waals surface area contributed by atoms with Crippen LogP contribution in [0.1, 0.15) is 64.2 Å². The van der Waals surface area contributed by atoms with E-state index < -0.39 is 0 Å². The minimum atomic E-state index is -0.298. The van der Waals surface area contributed by atoms with E-state index in [1.165, 1.54) is 9.80 Å². The second kappa shape index (κ2) is 7.77. The van der Waals surface area contributed by atoms with Crippen LogP contribution in [0.15, 0.2) is 0 Å². The lowest BCUT2D eigenvalue weighted by molar-refractivity contribution is -0.145. The number of amides is 4. The third-order valence-corrected chi connectivity index (χ3v) is 8.93. The van der Waals surface area contributed by atoms with Crippen LogP contribution >= 0.6 is 23.2 Å². The van der Waals surface area contributed by atoms with E-state index in [1.807, 2.05) is 0 Å². The highest BCUT2D eigenvalue weighted by Gasteiger charge is 2.55. The average Bonchev–Trinajstić information content (AvgIpc) is 3.12. The SMILES string of the molecule is O=C1C2CCC(Cl)CC2C(=O)N1C1CCCC(N2C(=O)C3CCC(Cl)CC3C2=O)C1. The maximum atomic E-state index is 13.1. The summed E-state index contributed by atoms with van der Waals surface area (Å²) >= 11 is 12.5. The fourth-order valence-corrected chi connectivity index (χ4v) is 7.27. The van der Waals surface area contributed by atoms with E-state index in [4.69, 9.17) is 23.2 Å². The molecular formula is C22H28Cl2N2O4. The Bertz CT molecular complexity index is 727. The molecule has 8 unspecified atom stereocenters. The Kier molecular flexibility index (Phi) is 5.37. The molecule has 3 aliphatic carbocycles. The number of rotatable bonds is 2. The van der Waals surface area contributed by atoms with E-state index in [0.29, 0.717) is 32.1 Å². The summed E-state index contributed by atoms with van der Waals surface area (Å²) in [5, 5.41) is -0.0907. The standard InChI is InChI=1S/C22H28Cl2N2O4/c23-11-4-6-15-17(8-11)21(29)25(19(15)27)13-2-1-3-14(10-13)26-20(28)16-7-5-12(24)9-18(16)22(26)30/h11-18H,1-10H2. The summed E-state index contributed by atoms with van der Waals surface area (Å²) in [5.41, 5.74) is 0. The first-order chi connectivity index (χ1) is 14.4. The number of imide groups is 2. The number of carbonyl (C=O) groups excluding carboxylic acids is 4. The summed E-state index contributed by atoms with van der Waals surface area (Å²) in [6.07, 6.45) is 6.78. The topological polar surface area (TPSA) is 74.8 Å². The molecule has 2 aliphatic heterocycles. The van der Waals surface area contributed by atoms with E-state index in [0.717, 1.165) is 32.1 Å². The van der Waals surface area contributed by atoms with Gasteiger partial charge in [-0.3, -0.25) is 29.0 Å². The first-order valence-electron chi connectivity index (χ1n) is 11.4. The molecule has 5 rings (SSSR count). The zero-order chi connectivity index (χ0) is 21.2. The van der Waals surface area contributed by atoms with Crippen LogP contribution in [0.3, 0.4) is 0 Å². The number of fused-ring (bicyclic) bond motifs is 2. The molecule has 2 saturated heterocycles. The number of carbonyl (C=O) groups is 4. The maximum absolute atomic E-state index is 13.1. The van der Waals surface area contributed by atoms with Gasteiger partial charge in [0.25, 0.3) is 0 Å². The van der Waals surface area contributed by atoms with Gasteiger partial charge < -0.3 is 0 Å². The normalized spacial score (nSPS) is 44.5. The molecule has 0 radical (unpaired) electrons. The lowest BCUT2D eigenvalue weighted by Crippen LogP contribution is -2.50. The lowest BCUT2D eigenvalue weighted by Gasteiger charge is -2.37. The second-order valence-electron chi connectivity index (χ2n) is 9.81. The van der Waals surface area contributed by atoms with E-state index in [1.54, 1.807) is 0 Å². The van der Waals surface area contributed by atoms with Crippen molar-refractivity contribution in [3.8, 4) is 0 Å². The predicted molar refractivity (Wildman–Crippen MR) is 111 cm³/mol. The summed E-state index contributed by atoms with van der Waals surface area (Å²) in [6.45, 7) is 0. The van der Waals surface area contributed by atoms with Crippen molar-refractivity contribution >= 4 is 46.8 Å². The summed E-state index contributed by atoms with van der Waals surface area (Å²) in [6, 6.07) is -0.459. The van der Waals surface area contributed by atoms with Crippen molar-refractivity contribution in [3.63, 3.8) is 0 Å². The van der Waals surface area contributed by atoms with Crippen LogP contribution in [0, 0.1) is 23.7 Å². The van der Waals surface area contributed by atoms with Gasteiger partial charge in [0.2, 0.25) is 23.6 Å². The molecule has 3 saturated carbocycles. The van der Waals surface area contributed by atoms with Gasteiger partial charge in [-0.25, -0.2) is 0 Å². The number of nitrogens with zero attached hydrogens (tertiary/aromatic N) is 2. The molecule has 8 heteroatoms. The molecule has 5 fully saturated rings. The van der Waals surface area contributed by atoms with Gasteiger partial charge in [0.1, 0.15) is 0 Å². The zero-order valence-electron chi connectivity index (χ0n) is 17.0. The van der Waals surface area contributed by atoms with Crippen molar-refractivity contribution in [3.05, 3.63) is 0 Å². The number of hydrogen-bond donors (Lipinski definition) is 0. The molecular weight excluding hydrogens is 427 g/mol. The van der Waals surface area contributed by atoms with Crippen molar-refractivity contribution in [2.45, 2.75) is 87.0 Å². The summed E-state index contributed by atoms with van der Waals surface area (Å²) in [4.78, 5) is 55.2. The Labute approximate surface area is 186 Å². The highest BCUT2D eigenvalue weighted by Crippen LogP contribution is 2.45. The highest BCUT2D eigenvalue weighted by atomic mass is 35.5. The van der Waals surface area contributed by atoms with Gasteiger partial charge in [-0.1, -0.05) is 0 Å². The summed E-state index contributed by atoms with van der Waals surface area (Å²) < 4.78 is 0. The van der Waals surface area contributed by atoms with Gasteiger partial charge in [0.15, 0.2) is 0 Å². The molecule has 8 atom stereocenters. The molecule has 6 nitrogen and oxygen atoms in total. The van der Waals surface area contributed by atoms with Crippen molar-refractivity contribution in [2.75, 3.05) is 0 Å². The van der Waals surface area contributed by atoms with Gasteiger partial charge in [0.05, 0.1) is 23.7 Å².